The molecule has 1 N–H and O–H groups in total. The quantitative estimate of drug-likeness (QED) is 0.740. The molecule has 0 radical (unpaired) electrons. The van der Waals surface area contributed by atoms with E-state index in [2.05, 4.69) is 64.2 Å². The largest absolute Gasteiger partial charge is 0.340 e. The van der Waals surface area contributed by atoms with Gasteiger partial charge < -0.3 is 14.7 Å². The average Bonchev–Trinajstić information content (AvgIpc) is 3.22. The Kier molecular flexibility index (Phi) is 6.16. The molecule has 2 aromatic carbocycles. The molecule has 0 aromatic heterocycles. The van der Waals surface area contributed by atoms with E-state index >= 15 is 0 Å². The molecule has 0 saturated carbocycles. The lowest BCUT2D eigenvalue weighted by molar-refractivity contribution is -0.127. The Morgan fingerprint density at radius 2 is 1.76 bits per heavy atom. The van der Waals surface area contributed by atoms with Crippen molar-refractivity contribution in [2.24, 2.45) is 10.9 Å². The van der Waals surface area contributed by atoms with E-state index in [1.807, 2.05) is 12.1 Å². The number of piperazine rings is 1. The van der Waals surface area contributed by atoms with Crippen molar-refractivity contribution in [1.29, 1.82) is 0 Å². The van der Waals surface area contributed by atoms with Gasteiger partial charge in [0.1, 0.15) is 0 Å². The Labute approximate surface area is 201 Å². The Bertz CT molecular complexity index is 1100. The number of nitrogens with one attached hydrogen (secondary N) is 1. The number of fused-ring (bicyclic) bond motifs is 2. The third-order valence-corrected chi connectivity index (χ3v) is 7.24. The number of rotatable bonds is 5. The van der Waals surface area contributed by atoms with Gasteiger partial charge in [-0.05, 0) is 35.2 Å². The zero-order chi connectivity index (χ0) is 23.8. The van der Waals surface area contributed by atoms with E-state index in [1.54, 1.807) is 11.9 Å². The second kappa shape index (κ2) is 9.25. The number of amides is 3. The number of carbonyl (C=O) groups is 2. The maximum Gasteiger partial charge on any atom is 0.325 e. The fourth-order valence-electron chi connectivity index (χ4n) is 5.17. The summed E-state index contributed by atoms with van der Waals surface area (Å²) in [5, 5.41) is 4.87. The number of guanidine groups is 1. The maximum atomic E-state index is 13.0. The van der Waals surface area contributed by atoms with Crippen molar-refractivity contribution in [1.82, 2.24) is 24.9 Å². The lowest BCUT2D eigenvalue weighted by Crippen LogP contribution is -2.64. The summed E-state index contributed by atoms with van der Waals surface area (Å²) < 4.78 is 0. The van der Waals surface area contributed by atoms with E-state index in [1.165, 1.54) is 17.2 Å². The monoisotopic (exact) mass is 462 g/mol. The summed E-state index contributed by atoms with van der Waals surface area (Å²) in [6.45, 7) is 9.88. The summed E-state index contributed by atoms with van der Waals surface area (Å²) >= 11 is 0. The molecule has 5 rings (SSSR count). The molecule has 2 atom stereocenters. The molecule has 3 heterocycles. The Balaban J connectivity index is 1.42. The van der Waals surface area contributed by atoms with Gasteiger partial charge >= 0.3 is 6.03 Å². The molecule has 2 saturated heterocycles. The highest BCUT2D eigenvalue weighted by Gasteiger charge is 2.49. The van der Waals surface area contributed by atoms with Crippen LogP contribution in [0.5, 0.6) is 0 Å². The van der Waals surface area contributed by atoms with Crippen molar-refractivity contribution in [3.05, 3.63) is 48.0 Å². The van der Waals surface area contributed by atoms with Crippen LogP contribution in [0.1, 0.15) is 25.8 Å². The van der Waals surface area contributed by atoms with Gasteiger partial charge in [0, 0.05) is 39.8 Å². The Hall–Kier alpha value is -3.13. The van der Waals surface area contributed by atoms with Gasteiger partial charge in [-0.3, -0.25) is 15.0 Å². The van der Waals surface area contributed by atoms with Crippen LogP contribution in [0.4, 0.5) is 4.79 Å². The van der Waals surface area contributed by atoms with Crippen LogP contribution in [-0.2, 0) is 11.3 Å². The molecular weight excluding hydrogens is 428 g/mol. The molecule has 2 unspecified atom stereocenters. The molecule has 34 heavy (non-hydrogen) atoms. The lowest BCUT2D eigenvalue weighted by atomic mass is 10.0. The zero-order valence-electron chi connectivity index (χ0n) is 20.3. The van der Waals surface area contributed by atoms with Crippen molar-refractivity contribution < 1.29 is 9.59 Å². The number of hydrogen-bond acceptors (Lipinski definition) is 6. The van der Waals surface area contributed by atoms with Gasteiger partial charge in [-0.15, -0.1) is 0 Å². The fraction of sp³-hybridized carbons (Fsp3) is 0.500. The Morgan fingerprint density at radius 3 is 2.53 bits per heavy atom. The SMILES string of the molecule is CC(C)CCN1CCN(C2=NC3C(C(=O)NC(=O)N3C)N2Cc2cccc3ccccc23)CC1. The molecule has 180 valence electrons. The van der Waals surface area contributed by atoms with E-state index in [0.29, 0.717) is 12.5 Å². The highest BCUT2D eigenvalue weighted by molar-refractivity contribution is 6.03. The van der Waals surface area contributed by atoms with Crippen molar-refractivity contribution >= 4 is 28.7 Å². The van der Waals surface area contributed by atoms with E-state index in [4.69, 9.17) is 4.99 Å². The third-order valence-electron chi connectivity index (χ3n) is 7.24. The van der Waals surface area contributed by atoms with Gasteiger partial charge in [0.05, 0.1) is 0 Å². The van der Waals surface area contributed by atoms with Crippen LogP contribution >= 0.6 is 0 Å². The molecule has 2 fully saturated rings. The van der Waals surface area contributed by atoms with Crippen LogP contribution in [0.3, 0.4) is 0 Å². The highest BCUT2D eigenvalue weighted by atomic mass is 16.2. The first-order valence-corrected chi connectivity index (χ1v) is 12.3. The summed E-state index contributed by atoms with van der Waals surface area (Å²) in [4.78, 5) is 38.8. The van der Waals surface area contributed by atoms with Crippen molar-refractivity contribution in [2.45, 2.75) is 39.0 Å². The van der Waals surface area contributed by atoms with Gasteiger partial charge in [-0.1, -0.05) is 56.3 Å². The second-order valence-corrected chi connectivity index (χ2v) is 9.97. The van der Waals surface area contributed by atoms with Crippen LogP contribution in [-0.4, -0.2) is 89.5 Å². The van der Waals surface area contributed by atoms with E-state index < -0.39 is 12.2 Å². The number of benzene rings is 2. The number of urea groups is 1. The number of carbonyl (C=O) groups excluding carboxylic acids is 2. The van der Waals surface area contributed by atoms with Crippen LogP contribution in [0, 0.1) is 5.92 Å². The summed E-state index contributed by atoms with van der Waals surface area (Å²) in [5.74, 6) is 1.24. The number of hydrogen-bond donors (Lipinski definition) is 1. The van der Waals surface area contributed by atoms with Crippen molar-refractivity contribution in [3.63, 3.8) is 0 Å². The first-order chi connectivity index (χ1) is 16.4. The summed E-state index contributed by atoms with van der Waals surface area (Å²) in [7, 11) is 1.71. The molecule has 0 bridgehead atoms. The molecule has 8 heteroatoms. The summed E-state index contributed by atoms with van der Waals surface area (Å²) in [6.07, 6.45) is 0.691. The lowest BCUT2D eigenvalue weighted by Gasteiger charge is -2.40. The maximum absolute atomic E-state index is 13.0. The van der Waals surface area contributed by atoms with Gasteiger partial charge in [0.2, 0.25) is 0 Å². The molecule has 0 aliphatic carbocycles. The summed E-state index contributed by atoms with van der Waals surface area (Å²) in [5.41, 5.74) is 1.15. The molecule has 2 aromatic rings. The smallest absolute Gasteiger partial charge is 0.325 e. The third kappa shape index (κ3) is 4.22. The minimum atomic E-state index is -0.532. The van der Waals surface area contributed by atoms with Crippen LogP contribution in [0.15, 0.2) is 47.5 Å². The van der Waals surface area contributed by atoms with Gasteiger partial charge in [0.15, 0.2) is 18.2 Å². The zero-order valence-corrected chi connectivity index (χ0v) is 20.3. The average molecular weight is 463 g/mol. The molecule has 3 amide bonds. The Morgan fingerprint density at radius 1 is 1.03 bits per heavy atom. The minimum Gasteiger partial charge on any atom is -0.340 e. The van der Waals surface area contributed by atoms with Gasteiger partial charge in [0.25, 0.3) is 5.91 Å². The summed E-state index contributed by atoms with van der Waals surface area (Å²) in [6, 6.07) is 13.7. The molecule has 8 nitrogen and oxygen atoms in total. The molecule has 3 aliphatic heterocycles. The number of likely N-dealkylation sites (N-methyl/N-ethyl adjacent to an activating group) is 1. The van der Waals surface area contributed by atoms with E-state index in [0.717, 1.165) is 44.2 Å². The van der Waals surface area contributed by atoms with Crippen LogP contribution < -0.4 is 5.32 Å². The van der Waals surface area contributed by atoms with Crippen molar-refractivity contribution in [2.75, 3.05) is 39.8 Å². The molecule has 0 spiro atoms. The van der Waals surface area contributed by atoms with Crippen molar-refractivity contribution in [3.8, 4) is 0 Å². The number of nitrogens with zero attached hydrogens (tertiary/aromatic N) is 5. The predicted molar refractivity (Wildman–Crippen MR) is 133 cm³/mol. The molecular formula is C26H34N6O2. The van der Waals surface area contributed by atoms with E-state index in [-0.39, 0.29) is 11.9 Å². The predicted octanol–water partition coefficient (Wildman–Crippen LogP) is 2.55. The van der Waals surface area contributed by atoms with Crippen LogP contribution in [0.25, 0.3) is 10.8 Å². The first kappa shape index (κ1) is 22.7. The highest BCUT2D eigenvalue weighted by Crippen LogP contribution is 2.29. The van der Waals surface area contributed by atoms with Gasteiger partial charge in [-0.25, -0.2) is 9.79 Å². The minimum absolute atomic E-state index is 0.275. The first-order valence-electron chi connectivity index (χ1n) is 12.3. The van der Waals surface area contributed by atoms with Crippen LogP contribution in [0.2, 0.25) is 0 Å². The topological polar surface area (TPSA) is 71.5 Å². The second-order valence-electron chi connectivity index (χ2n) is 9.97. The number of aliphatic imine (C=N–C) groups is 1. The fourth-order valence-corrected chi connectivity index (χ4v) is 5.17. The number of imide groups is 1. The normalized spacial score (nSPS) is 23.5. The van der Waals surface area contributed by atoms with E-state index in [9.17, 15) is 9.59 Å². The van der Waals surface area contributed by atoms with Gasteiger partial charge in [-0.2, -0.15) is 0 Å². The standard InChI is InChI=1S/C26H34N6O2/c1-18(2)11-12-30-13-15-31(16-14-30)25-27-23-22(24(33)28-26(34)29(23)3)32(25)17-20-9-6-8-19-7-4-5-10-21(19)20/h4-10,18,22-23H,11-17H2,1-3H3,(H,28,33,34). The molecule has 3 aliphatic rings.